The number of carbonyl (C=O) groups is 1. The molecular weight excluding hydrogens is 342 g/mol. The third-order valence-corrected chi connectivity index (χ3v) is 5.47. The highest BCUT2D eigenvalue weighted by Crippen LogP contribution is 2.44. The van der Waals surface area contributed by atoms with Crippen molar-refractivity contribution in [3.63, 3.8) is 0 Å². The van der Waals surface area contributed by atoms with Gasteiger partial charge in [0, 0.05) is 24.9 Å². The largest absolute Gasteiger partial charge is 0.481 e. The second-order valence-electron chi connectivity index (χ2n) is 8.46. The van der Waals surface area contributed by atoms with Crippen LogP contribution in [0.25, 0.3) is 4.85 Å². The van der Waals surface area contributed by atoms with Crippen molar-refractivity contribution >= 4 is 5.97 Å². The predicted molar refractivity (Wildman–Crippen MR) is 105 cm³/mol. The first kappa shape index (κ1) is 21.4. The molecule has 0 radical (unpaired) electrons. The number of carboxylic acid groups (broad SMARTS) is 1. The Hall–Kier alpha value is -1.90. The molecule has 148 valence electrons. The summed E-state index contributed by atoms with van der Waals surface area (Å²) in [5.74, 6) is -0.793. The van der Waals surface area contributed by atoms with E-state index < -0.39 is 12.1 Å². The molecule has 2 rings (SSSR count). The van der Waals surface area contributed by atoms with Crippen molar-refractivity contribution in [1.29, 1.82) is 0 Å². The van der Waals surface area contributed by atoms with Crippen LogP contribution in [0.1, 0.15) is 63.5 Å². The fourth-order valence-corrected chi connectivity index (χ4v) is 3.97. The molecule has 27 heavy (non-hydrogen) atoms. The molecule has 0 aromatic heterocycles. The number of aliphatic hydroxyl groups is 1. The normalized spacial score (nSPS) is 25.3. The Bertz CT molecular complexity index is 656. The van der Waals surface area contributed by atoms with Crippen LogP contribution < -0.4 is 0 Å². The number of aliphatic hydroxyl groups excluding tert-OH is 1. The van der Waals surface area contributed by atoms with Crippen LogP contribution in [0.2, 0.25) is 0 Å². The van der Waals surface area contributed by atoms with Crippen LogP contribution in [0.15, 0.2) is 24.3 Å². The smallest absolute Gasteiger partial charge is 0.305 e. The monoisotopic (exact) mass is 373 g/mol. The predicted octanol–water partition coefficient (Wildman–Crippen LogP) is 4.01. The molecule has 1 aromatic carbocycles. The van der Waals surface area contributed by atoms with Crippen LogP contribution >= 0.6 is 0 Å². The number of hydrogen-bond acceptors (Lipinski definition) is 3. The van der Waals surface area contributed by atoms with Crippen molar-refractivity contribution in [3.05, 3.63) is 46.8 Å². The van der Waals surface area contributed by atoms with Crippen molar-refractivity contribution in [3.8, 4) is 0 Å². The molecule has 0 amide bonds. The van der Waals surface area contributed by atoms with Gasteiger partial charge in [0.05, 0.1) is 19.1 Å². The van der Waals surface area contributed by atoms with E-state index in [2.05, 4.69) is 49.9 Å². The molecule has 4 atom stereocenters. The Morgan fingerprint density at radius 1 is 1.26 bits per heavy atom. The van der Waals surface area contributed by atoms with Crippen LogP contribution in [0.3, 0.4) is 0 Å². The molecule has 5 nitrogen and oxygen atoms in total. The van der Waals surface area contributed by atoms with E-state index in [9.17, 15) is 9.90 Å². The van der Waals surface area contributed by atoms with Crippen molar-refractivity contribution in [2.24, 2.45) is 5.92 Å². The fraction of sp³-hybridized carbons (Fsp3) is 0.636. The van der Waals surface area contributed by atoms with Crippen LogP contribution in [-0.2, 0) is 14.9 Å². The zero-order valence-corrected chi connectivity index (χ0v) is 16.5. The van der Waals surface area contributed by atoms with Gasteiger partial charge in [-0.1, -0.05) is 45.0 Å². The van der Waals surface area contributed by atoms with Crippen molar-refractivity contribution in [2.75, 3.05) is 13.2 Å². The van der Waals surface area contributed by atoms with Gasteiger partial charge in [-0.05, 0) is 29.4 Å². The zero-order chi connectivity index (χ0) is 20.0. The van der Waals surface area contributed by atoms with Gasteiger partial charge in [0.2, 0.25) is 6.04 Å². The van der Waals surface area contributed by atoms with Crippen LogP contribution in [0, 0.1) is 12.5 Å². The van der Waals surface area contributed by atoms with Crippen molar-refractivity contribution in [1.82, 2.24) is 0 Å². The summed E-state index contributed by atoms with van der Waals surface area (Å²) in [5.41, 5.74) is 2.43. The third kappa shape index (κ3) is 5.79. The average Bonchev–Trinajstić information content (AvgIpc) is 2.92. The number of aliphatic carboxylic acids is 1. The zero-order valence-electron chi connectivity index (χ0n) is 16.5. The summed E-state index contributed by atoms with van der Waals surface area (Å²) in [5, 5.41) is 19.2. The van der Waals surface area contributed by atoms with E-state index in [0.29, 0.717) is 13.0 Å². The van der Waals surface area contributed by atoms with Crippen molar-refractivity contribution < 1.29 is 19.7 Å². The van der Waals surface area contributed by atoms with Crippen LogP contribution in [-0.4, -0.2) is 41.5 Å². The number of rotatable bonds is 8. The number of ether oxygens (including phenoxy) is 1. The molecule has 0 saturated heterocycles. The Morgan fingerprint density at radius 3 is 2.48 bits per heavy atom. The summed E-state index contributed by atoms with van der Waals surface area (Å²) in [6.45, 7) is 14.7. The summed E-state index contributed by atoms with van der Waals surface area (Å²) in [6.07, 6.45) is 1.58. The van der Waals surface area contributed by atoms with Gasteiger partial charge >= 0.3 is 5.97 Å². The van der Waals surface area contributed by atoms with E-state index >= 15 is 0 Å². The minimum absolute atomic E-state index is 0.00950. The molecule has 0 spiro atoms. The molecular formula is C22H31NO4. The minimum Gasteiger partial charge on any atom is -0.481 e. The summed E-state index contributed by atoms with van der Waals surface area (Å²) in [4.78, 5) is 14.3. The number of nitrogens with zero attached hydrogens (tertiary/aromatic N) is 1. The Labute approximate surface area is 162 Å². The molecule has 0 heterocycles. The Kier molecular flexibility index (Phi) is 7.41. The number of hydrogen-bond donors (Lipinski definition) is 2. The summed E-state index contributed by atoms with van der Waals surface area (Å²) < 4.78 is 5.37. The van der Waals surface area contributed by atoms with Gasteiger partial charge < -0.3 is 19.8 Å². The number of benzene rings is 1. The highest BCUT2D eigenvalue weighted by molar-refractivity contribution is 5.66. The van der Waals surface area contributed by atoms with Crippen LogP contribution in [0.4, 0.5) is 0 Å². The van der Waals surface area contributed by atoms with E-state index in [4.69, 9.17) is 16.4 Å². The van der Waals surface area contributed by atoms with E-state index in [1.165, 1.54) is 5.56 Å². The summed E-state index contributed by atoms with van der Waals surface area (Å²) in [7, 11) is 0. The van der Waals surface area contributed by atoms with Gasteiger partial charge in [0.25, 0.3) is 0 Å². The summed E-state index contributed by atoms with van der Waals surface area (Å²) in [6, 6.07) is 8.26. The Morgan fingerprint density at radius 2 is 1.93 bits per heavy atom. The van der Waals surface area contributed by atoms with Crippen molar-refractivity contribution in [2.45, 2.75) is 69.9 Å². The molecule has 1 aliphatic rings. The van der Waals surface area contributed by atoms with Gasteiger partial charge in [-0.25, -0.2) is 6.57 Å². The fourth-order valence-electron chi connectivity index (χ4n) is 3.97. The van der Waals surface area contributed by atoms with Gasteiger partial charge in [-0.15, -0.1) is 0 Å². The lowest BCUT2D eigenvalue weighted by Gasteiger charge is -2.24. The average molecular weight is 373 g/mol. The van der Waals surface area contributed by atoms with Crippen LogP contribution in [0.5, 0.6) is 0 Å². The maximum Gasteiger partial charge on any atom is 0.305 e. The SMILES string of the molecule is [C-]#[N+][C@@H]1C[C@@H](O)C(c2ccc(C(C)(C)C)cc2)C1CCCOCCC(=O)O. The van der Waals surface area contributed by atoms with Gasteiger partial charge in [0.1, 0.15) is 0 Å². The molecule has 0 bridgehead atoms. The maximum atomic E-state index is 10.6. The first-order valence-corrected chi connectivity index (χ1v) is 9.68. The minimum atomic E-state index is -0.860. The first-order chi connectivity index (χ1) is 12.7. The quantitative estimate of drug-likeness (QED) is 0.533. The van der Waals surface area contributed by atoms with E-state index in [1.807, 2.05) is 0 Å². The van der Waals surface area contributed by atoms with Gasteiger partial charge in [-0.3, -0.25) is 4.79 Å². The Balaban J connectivity index is 2.02. The molecule has 1 aliphatic carbocycles. The lowest BCUT2D eigenvalue weighted by molar-refractivity contribution is -0.138. The molecule has 1 fully saturated rings. The van der Waals surface area contributed by atoms with E-state index in [0.717, 1.165) is 18.4 Å². The second kappa shape index (κ2) is 9.34. The molecule has 5 heteroatoms. The molecule has 2 N–H and O–H groups in total. The molecule has 1 saturated carbocycles. The lowest BCUT2D eigenvalue weighted by atomic mass is 9.81. The molecule has 2 unspecified atom stereocenters. The lowest BCUT2D eigenvalue weighted by Crippen LogP contribution is -2.20. The highest BCUT2D eigenvalue weighted by atomic mass is 16.5. The molecule has 1 aromatic rings. The maximum absolute atomic E-state index is 10.6. The van der Waals surface area contributed by atoms with Gasteiger partial charge in [-0.2, -0.15) is 0 Å². The highest BCUT2D eigenvalue weighted by Gasteiger charge is 2.46. The first-order valence-electron chi connectivity index (χ1n) is 9.68. The third-order valence-electron chi connectivity index (χ3n) is 5.47. The van der Waals surface area contributed by atoms with E-state index in [1.54, 1.807) is 0 Å². The van der Waals surface area contributed by atoms with Gasteiger partial charge in [0.15, 0.2) is 0 Å². The number of carboxylic acids is 1. The summed E-state index contributed by atoms with van der Waals surface area (Å²) >= 11 is 0. The van der Waals surface area contributed by atoms with E-state index in [-0.39, 0.29) is 36.3 Å². The standard InChI is InChI=1S/C22H31NO4/c1-22(2,3)16-9-7-15(8-10-16)21-17(18(23-4)14-19(21)24)6-5-12-27-13-11-20(25)26/h7-10,17-19,21,24H,5-6,11-14H2,1-3H3,(H,25,26)/t17?,18-,19-,21?/m1/s1. The second-order valence-corrected chi connectivity index (χ2v) is 8.46. The molecule has 0 aliphatic heterocycles. The topological polar surface area (TPSA) is 71.1 Å².